The Morgan fingerprint density at radius 1 is 1.39 bits per heavy atom. The van der Waals surface area contributed by atoms with Crippen LogP contribution in [-0.4, -0.2) is 42.6 Å². The summed E-state index contributed by atoms with van der Waals surface area (Å²) in [4.78, 5) is -0.538. The van der Waals surface area contributed by atoms with Crippen LogP contribution in [0.3, 0.4) is 0 Å². The molecule has 23 heavy (non-hydrogen) atoms. The lowest BCUT2D eigenvalue weighted by Gasteiger charge is -2.30. The Hall–Kier alpha value is -1.55. The van der Waals surface area contributed by atoms with Crippen LogP contribution in [0.25, 0.3) is 0 Å². The molecule has 1 fully saturated rings. The molecule has 0 bridgehead atoms. The van der Waals surface area contributed by atoms with Crippen molar-refractivity contribution in [2.75, 3.05) is 19.7 Å². The fourth-order valence-electron chi connectivity index (χ4n) is 2.29. The number of morpholine rings is 1. The number of benzene rings is 1. The SMILES string of the molecule is Cc1nnc(C2CN(S(=O)(=O)c3c(F)cccc3Cl)CCO2)o1. The molecule has 0 radical (unpaired) electrons. The van der Waals surface area contributed by atoms with E-state index in [0.29, 0.717) is 5.89 Å². The van der Waals surface area contributed by atoms with Crippen LogP contribution >= 0.6 is 11.6 Å². The highest BCUT2D eigenvalue weighted by molar-refractivity contribution is 7.89. The highest BCUT2D eigenvalue weighted by atomic mass is 35.5. The summed E-state index contributed by atoms with van der Waals surface area (Å²) in [5.74, 6) is -0.364. The van der Waals surface area contributed by atoms with E-state index < -0.39 is 26.8 Å². The Labute approximate surface area is 137 Å². The van der Waals surface area contributed by atoms with Gasteiger partial charge < -0.3 is 9.15 Å². The average Bonchev–Trinajstić information content (AvgIpc) is 2.94. The van der Waals surface area contributed by atoms with Crippen molar-refractivity contribution in [3.63, 3.8) is 0 Å². The molecule has 7 nitrogen and oxygen atoms in total. The Morgan fingerprint density at radius 3 is 2.83 bits per heavy atom. The van der Waals surface area contributed by atoms with E-state index in [9.17, 15) is 12.8 Å². The van der Waals surface area contributed by atoms with Gasteiger partial charge in [-0.1, -0.05) is 17.7 Å². The van der Waals surface area contributed by atoms with Gasteiger partial charge in [0.2, 0.25) is 21.8 Å². The molecule has 0 amide bonds. The average molecular weight is 362 g/mol. The fourth-order valence-corrected chi connectivity index (χ4v) is 4.28. The summed E-state index contributed by atoms with van der Waals surface area (Å²) < 4.78 is 51.2. The van der Waals surface area contributed by atoms with Crippen molar-refractivity contribution in [2.45, 2.75) is 17.9 Å². The molecule has 1 aliphatic heterocycles. The maximum absolute atomic E-state index is 14.0. The van der Waals surface area contributed by atoms with Gasteiger partial charge in [-0.15, -0.1) is 10.2 Å². The number of hydrogen-bond donors (Lipinski definition) is 0. The molecule has 1 aliphatic rings. The van der Waals surface area contributed by atoms with Gasteiger partial charge in [-0.05, 0) is 12.1 Å². The van der Waals surface area contributed by atoms with Crippen molar-refractivity contribution in [1.82, 2.24) is 14.5 Å². The van der Waals surface area contributed by atoms with E-state index in [1.165, 1.54) is 12.1 Å². The van der Waals surface area contributed by atoms with Crippen molar-refractivity contribution >= 4 is 21.6 Å². The van der Waals surface area contributed by atoms with Crippen molar-refractivity contribution < 1.29 is 22.0 Å². The van der Waals surface area contributed by atoms with Gasteiger partial charge >= 0.3 is 0 Å². The summed E-state index contributed by atoms with van der Waals surface area (Å²) in [6.07, 6.45) is -0.703. The molecule has 2 heterocycles. The zero-order chi connectivity index (χ0) is 16.6. The quantitative estimate of drug-likeness (QED) is 0.830. The lowest BCUT2D eigenvalue weighted by Crippen LogP contribution is -2.42. The highest BCUT2D eigenvalue weighted by Gasteiger charge is 2.36. The minimum absolute atomic E-state index is 0.0609. The monoisotopic (exact) mass is 361 g/mol. The number of rotatable bonds is 3. The first-order valence-corrected chi connectivity index (χ1v) is 8.57. The predicted molar refractivity (Wildman–Crippen MR) is 77.9 cm³/mol. The summed E-state index contributed by atoms with van der Waals surface area (Å²) >= 11 is 5.87. The second-order valence-corrected chi connectivity index (χ2v) is 7.21. The molecule has 1 unspecified atom stereocenters. The number of hydrogen-bond acceptors (Lipinski definition) is 6. The summed E-state index contributed by atoms with van der Waals surface area (Å²) in [6, 6.07) is 3.73. The van der Waals surface area contributed by atoms with E-state index in [-0.39, 0.29) is 30.6 Å². The molecule has 1 saturated heterocycles. The van der Waals surface area contributed by atoms with E-state index in [2.05, 4.69) is 10.2 Å². The normalized spacial score (nSPS) is 19.9. The highest BCUT2D eigenvalue weighted by Crippen LogP contribution is 2.30. The van der Waals surface area contributed by atoms with Crippen LogP contribution in [0, 0.1) is 12.7 Å². The zero-order valence-corrected chi connectivity index (χ0v) is 13.6. The number of aryl methyl sites for hydroxylation is 1. The molecule has 10 heteroatoms. The van der Waals surface area contributed by atoms with E-state index in [0.717, 1.165) is 10.4 Å². The molecule has 3 rings (SSSR count). The first-order valence-electron chi connectivity index (χ1n) is 6.75. The molecule has 0 aliphatic carbocycles. The predicted octanol–water partition coefficient (Wildman–Crippen LogP) is 1.93. The maximum Gasteiger partial charge on any atom is 0.247 e. The third-order valence-electron chi connectivity index (χ3n) is 3.36. The second-order valence-electron chi connectivity index (χ2n) is 4.93. The van der Waals surface area contributed by atoms with E-state index >= 15 is 0 Å². The van der Waals surface area contributed by atoms with Gasteiger partial charge in [0.1, 0.15) is 16.8 Å². The van der Waals surface area contributed by atoms with Crippen LogP contribution in [0.2, 0.25) is 5.02 Å². The maximum atomic E-state index is 14.0. The Bertz CT molecular complexity index is 806. The molecule has 0 spiro atoms. The van der Waals surface area contributed by atoms with Gasteiger partial charge in [0.05, 0.1) is 11.6 Å². The largest absolute Gasteiger partial charge is 0.423 e. The van der Waals surface area contributed by atoms with Crippen LogP contribution in [0.5, 0.6) is 0 Å². The van der Waals surface area contributed by atoms with Crippen LogP contribution in [0.15, 0.2) is 27.5 Å². The number of ether oxygens (including phenoxy) is 1. The van der Waals surface area contributed by atoms with Crippen molar-refractivity contribution in [3.8, 4) is 0 Å². The van der Waals surface area contributed by atoms with Gasteiger partial charge in [0, 0.05) is 20.0 Å². The minimum Gasteiger partial charge on any atom is -0.423 e. The standard InChI is InChI=1S/C13H13ClFN3O4S/c1-8-16-17-13(22-8)11-7-18(5-6-21-11)23(19,20)12-9(14)3-2-4-10(12)15/h2-4,11H,5-7H2,1H3. The smallest absolute Gasteiger partial charge is 0.247 e. The molecule has 0 N–H and O–H groups in total. The van der Waals surface area contributed by atoms with Crippen molar-refractivity contribution in [2.24, 2.45) is 0 Å². The summed E-state index contributed by atoms with van der Waals surface area (Å²) in [7, 11) is -4.10. The summed E-state index contributed by atoms with van der Waals surface area (Å²) in [5, 5.41) is 7.36. The second kappa shape index (κ2) is 6.16. The Balaban J connectivity index is 1.91. The summed E-state index contributed by atoms with van der Waals surface area (Å²) in [5.41, 5.74) is 0. The zero-order valence-electron chi connectivity index (χ0n) is 12.1. The third kappa shape index (κ3) is 3.09. The van der Waals surface area contributed by atoms with Gasteiger partial charge in [-0.3, -0.25) is 0 Å². The lowest BCUT2D eigenvalue weighted by atomic mass is 10.3. The van der Waals surface area contributed by atoms with Crippen molar-refractivity contribution in [3.05, 3.63) is 40.8 Å². The van der Waals surface area contributed by atoms with Crippen LogP contribution in [0.4, 0.5) is 4.39 Å². The number of halogens is 2. The summed E-state index contributed by atoms with van der Waals surface area (Å²) in [6.45, 7) is 1.76. The molecule has 0 saturated carbocycles. The number of nitrogens with zero attached hydrogens (tertiary/aromatic N) is 3. The minimum atomic E-state index is -4.10. The third-order valence-corrected chi connectivity index (χ3v) is 5.73. The van der Waals surface area contributed by atoms with Gasteiger partial charge in [0.15, 0.2) is 0 Å². The topological polar surface area (TPSA) is 85.5 Å². The molecule has 1 aromatic carbocycles. The molecule has 1 atom stereocenters. The van der Waals surface area contributed by atoms with Crippen LogP contribution in [0.1, 0.15) is 17.9 Å². The van der Waals surface area contributed by atoms with Crippen LogP contribution in [-0.2, 0) is 14.8 Å². The number of sulfonamides is 1. The van der Waals surface area contributed by atoms with E-state index in [1.54, 1.807) is 6.92 Å². The van der Waals surface area contributed by atoms with Crippen molar-refractivity contribution in [1.29, 1.82) is 0 Å². The molecule has 1 aromatic heterocycles. The molecule has 124 valence electrons. The fraction of sp³-hybridized carbons (Fsp3) is 0.385. The van der Waals surface area contributed by atoms with Gasteiger partial charge in [0.25, 0.3) is 0 Å². The molecule has 2 aromatic rings. The Kier molecular flexibility index (Phi) is 4.37. The van der Waals surface area contributed by atoms with Gasteiger partial charge in [-0.2, -0.15) is 4.31 Å². The van der Waals surface area contributed by atoms with E-state index in [1.807, 2.05) is 0 Å². The first kappa shape index (κ1) is 16.3. The Morgan fingerprint density at radius 2 is 2.17 bits per heavy atom. The van der Waals surface area contributed by atoms with E-state index in [4.69, 9.17) is 20.8 Å². The molecular weight excluding hydrogens is 349 g/mol. The number of aromatic nitrogens is 2. The van der Waals surface area contributed by atoms with Gasteiger partial charge in [-0.25, -0.2) is 12.8 Å². The van der Waals surface area contributed by atoms with Crippen LogP contribution < -0.4 is 0 Å². The first-order chi connectivity index (χ1) is 10.9. The molecular formula is C13H13ClFN3O4S. The lowest BCUT2D eigenvalue weighted by molar-refractivity contribution is -0.0177.